The Labute approximate surface area is 151 Å². The third kappa shape index (κ3) is 3.01. The lowest BCUT2D eigenvalue weighted by molar-refractivity contribution is -0.186. The molecule has 2 amide bonds. The van der Waals surface area contributed by atoms with Gasteiger partial charge in [0.05, 0.1) is 0 Å². The Morgan fingerprint density at radius 3 is 2.12 bits per heavy atom. The molecule has 4 saturated carbocycles. The summed E-state index contributed by atoms with van der Waals surface area (Å²) >= 11 is 0. The van der Waals surface area contributed by atoms with Crippen molar-refractivity contribution in [3.63, 3.8) is 0 Å². The predicted octanol–water partition coefficient (Wildman–Crippen LogP) is 3.26. The molecule has 26 heavy (non-hydrogen) atoms. The second-order valence-electron chi connectivity index (χ2n) is 9.16. The van der Waals surface area contributed by atoms with E-state index in [4.69, 9.17) is 0 Å². The number of halogens is 3. The molecule has 5 aliphatic rings. The lowest BCUT2D eigenvalue weighted by atomic mass is 9.48. The maximum Gasteiger partial charge on any atom is 0.471 e. The van der Waals surface area contributed by atoms with Crippen LogP contribution < -0.4 is 5.32 Å². The SMILES string of the molecule is CC(NC(=O)C1CCCN1C(=O)C(F)(F)F)C12CC3CC(CC(C3)C1)C2. The largest absolute Gasteiger partial charge is 0.471 e. The van der Waals surface area contributed by atoms with Crippen LogP contribution in [0.2, 0.25) is 0 Å². The van der Waals surface area contributed by atoms with E-state index >= 15 is 0 Å². The Morgan fingerprint density at radius 2 is 1.62 bits per heavy atom. The topological polar surface area (TPSA) is 49.4 Å². The van der Waals surface area contributed by atoms with E-state index in [1.54, 1.807) is 0 Å². The highest BCUT2D eigenvalue weighted by Gasteiger charge is 2.54. The van der Waals surface area contributed by atoms with Crippen LogP contribution >= 0.6 is 0 Å². The fourth-order valence-corrected chi connectivity index (χ4v) is 6.62. The number of nitrogens with zero attached hydrogens (tertiary/aromatic N) is 1. The lowest BCUT2D eigenvalue weighted by Gasteiger charge is -2.59. The van der Waals surface area contributed by atoms with Crippen LogP contribution in [0.3, 0.4) is 0 Å². The van der Waals surface area contributed by atoms with Gasteiger partial charge in [-0.2, -0.15) is 13.2 Å². The van der Waals surface area contributed by atoms with E-state index in [-0.39, 0.29) is 18.0 Å². The number of rotatable bonds is 3. The number of carbonyl (C=O) groups is 2. The van der Waals surface area contributed by atoms with Crippen LogP contribution in [0.15, 0.2) is 0 Å². The summed E-state index contributed by atoms with van der Waals surface area (Å²) in [6.07, 6.45) is 3.09. The summed E-state index contributed by atoms with van der Waals surface area (Å²) in [6, 6.07) is -1.03. The minimum absolute atomic E-state index is 0.00216. The first-order valence-electron chi connectivity index (χ1n) is 9.86. The van der Waals surface area contributed by atoms with Gasteiger partial charge in [-0.3, -0.25) is 9.59 Å². The predicted molar refractivity (Wildman–Crippen MR) is 89.0 cm³/mol. The van der Waals surface area contributed by atoms with Gasteiger partial charge in [-0.25, -0.2) is 0 Å². The zero-order valence-corrected chi connectivity index (χ0v) is 15.1. The summed E-state index contributed by atoms with van der Waals surface area (Å²) in [4.78, 5) is 25.0. The summed E-state index contributed by atoms with van der Waals surface area (Å²) < 4.78 is 38.3. The van der Waals surface area contributed by atoms with Crippen molar-refractivity contribution in [3.8, 4) is 0 Å². The summed E-state index contributed by atoms with van der Waals surface area (Å²) in [7, 11) is 0. The monoisotopic (exact) mass is 372 g/mol. The lowest BCUT2D eigenvalue weighted by Crippen LogP contribution is -2.58. The summed E-state index contributed by atoms with van der Waals surface area (Å²) in [5.74, 6) is -0.0675. The maximum absolute atomic E-state index is 12.8. The molecule has 0 aromatic carbocycles. The Hall–Kier alpha value is -1.27. The van der Waals surface area contributed by atoms with Crippen LogP contribution in [0.1, 0.15) is 58.3 Å². The van der Waals surface area contributed by atoms with Crippen molar-refractivity contribution in [2.45, 2.75) is 76.6 Å². The molecular weight excluding hydrogens is 345 g/mol. The van der Waals surface area contributed by atoms with E-state index in [9.17, 15) is 22.8 Å². The third-order valence-electron chi connectivity index (χ3n) is 7.42. The molecule has 0 aromatic rings. The summed E-state index contributed by atoms with van der Waals surface area (Å²) in [5.41, 5.74) is 0.0991. The third-order valence-corrected chi connectivity index (χ3v) is 7.42. The van der Waals surface area contributed by atoms with Crippen molar-refractivity contribution in [3.05, 3.63) is 0 Å². The molecule has 4 bridgehead atoms. The van der Waals surface area contributed by atoms with Crippen LogP contribution in [0, 0.1) is 23.2 Å². The number of hydrogen-bond acceptors (Lipinski definition) is 2. The molecule has 0 spiro atoms. The summed E-state index contributed by atoms with van der Waals surface area (Å²) in [5, 5.41) is 3.01. The van der Waals surface area contributed by atoms with E-state index in [1.807, 2.05) is 6.92 Å². The summed E-state index contributed by atoms with van der Waals surface area (Å²) in [6.45, 7) is 2.01. The Kier molecular flexibility index (Phi) is 4.27. The molecule has 1 aliphatic heterocycles. The number of carbonyl (C=O) groups excluding carboxylic acids is 2. The Morgan fingerprint density at radius 1 is 1.08 bits per heavy atom. The highest BCUT2D eigenvalue weighted by molar-refractivity contribution is 5.90. The number of amides is 2. The first-order chi connectivity index (χ1) is 12.2. The van der Waals surface area contributed by atoms with E-state index in [1.165, 1.54) is 19.3 Å². The molecule has 5 rings (SSSR count). The van der Waals surface area contributed by atoms with Gasteiger partial charge in [0, 0.05) is 12.6 Å². The van der Waals surface area contributed by atoms with Gasteiger partial charge in [-0.05, 0) is 81.5 Å². The van der Waals surface area contributed by atoms with Crippen LogP contribution in [0.25, 0.3) is 0 Å². The fraction of sp³-hybridized carbons (Fsp3) is 0.895. The molecule has 2 atom stereocenters. The van der Waals surface area contributed by atoms with Crippen LogP contribution in [0.4, 0.5) is 13.2 Å². The van der Waals surface area contributed by atoms with Crippen molar-refractivity contribution in [2.75, 3.05) is 6.54 Å². The molecule has 0 radical (unpaired) electrons. The highest BCUT2D eigenvalue weighted by atomic mass is 19.4. The van der Waals surface area contributed by atoms with Crippen LogP contribution in [0.5, 0.6) is 0 Å². The molecule has 2 unspecified atom stereocenters. The fourth-order valence-electron chi connectivity index (χ4n) is 6.62. The van der Waals surface area contributed by atoms with Crippen molar-refractivity contribution in [1.29, 1.82) is 0 Å². The van der Waals surface area contributed by atoms with Gasteiger partial charge < -0.3 is 10.2 Å². The second-order valence-corrected chi connectivity index (χ2v) is 9.16. The Balaban J connectivity index is 1.44. The van der Waals surface area contributed by atoms with E-state index in [0.717, 1.165) is 37.0 Å². The zero-order valence-electron chi connectivity index (χ0n) is 15.1. The molecule has 1 heterocycles. The van der Waals surface area contributed by atoms with Gasteiger partial charge in [0.15, 0.2) is 0 Å². The molecule has 0 aromatic heterocycles. The minimum atomic E-state index is -4.92. The standard InChI is InChI=1S/C19H27F3N2O2/c1-11(18-8-12-5-13(9-18)7-14(6-12)10-18)23-16(25)15-3-2-4-24(15)17(26)19(20,21)22/h11-15H,2-10H2,1H3,(H,23,25). The van der Waals surface area contributed by atoms with Gasteiger partial charge in [0.25, 0.3) is 0 Å². The quantitative estimate of drug-likeness (QED) is 0.827. The average molecular weight is 372 g/mol. The first-order valence-corrected chi connectivity index (χ1v) is 9.86. The van der Waals surface area contributed by atoms with Gasteiger partial charge in [0.1, 0.15) is 6.04 Å². The average Bonchev–Trinajstić information content (AvgIpc) is 3.01. The van der Waals surface area contributed by atoms with Gasteiger partial charge in [0.2, 0.25) is 5.91 Å². The van der Waals surface area contributed by atoms with Gasteiger partial charge in [-0.15, -0.1) is 0 Å². The number of nitrogens with one attached hydrogen (secondary N) is 1. The molecule has 5 fully saturated rings. The van der Waals surface area contributed by atoms with Crippen molar-refractivity contribution in [1.82, 2.24) is 10.2 Å². The molecule has 4 nitrogen and oxygen atoms in total. The number of likely N-dealkylation sites (tertiary alicyclic amines) is 1. The van der Waals surface area contributed by atoms with Crippen molar-refractivity contribution < 1.29 is 22.8 Å². The molecule has 146 valence electrons. The van der Waals surface area contributed by atoms with Gasteiger partial charge in [-0.1, -0.05) is 0 Å². The highest BCUT2D eigenvalue weighted by Crippen LogP contribution is 2.61. The normalized spacial score (nSPS) is 39.9. The van der Waals surface area contributed by atoms with E-state index in [2.05, 4.69) is 5.32 Å². The first kappa shape index (κ1) is 18.1. The van der Waals surface area contributed by atoms with Crippen molar-refractivity contribution in [2.24, 2.45) is 23.2 Å². The molecule has 7 heteroatoms. The smallest absolute Gasteiger partial charge is 0.351 e. The Bertz CT molecular complexity index is 569. The zero-order chi connectivity index (χ0) is 18.7. The number of alkyl halides is 3. The second kappa shape index (κ2) is 6.13. The van der Waals surface area contributed by atoms with Gasteiger partial charge >= 0.3 is 12.1 Å². The van der Waals surface area contributed by atoms with E-state index < -0.39 is 24.0 Å². The van der Waals surface area contributed by atoms with Crippen LogP contribution in [-0.2, 0) is 9.59 Å². The molecule has 1 N–H and O–H groups in total. The molecule has 4 aliphatic carbocycles. The van der Waals surface area contributed by atoms with Crippen LogP contribution in [-0.4, -0.2) is 41.5 Å². The molecule has 1 saturated heterocycles. The number of hydrogen-bond donors (Lipinski definition) is 1. The van der Waals surface area contributed by atoms with E-state index in [0.29, 0.717) is 17.7 Å². The maximum atomic E-state index is 12.8. The molecular formula is C19H27F3N2O2. The minimum Gasteiger partial charge on any atom is -0.351 e. The van der Waals surface area contributed by atoms with Crippen molar-refractivity contribution >= 4 is 11.8 Å².